The Kier molecular flexibility index (Phi) is 7.71. The molecule has 3 rings (SSSR count). The van der Waals surface area contributed by atoms with E-state index >= 15 is 0 Å². The van der Waals surface area contributed by atoms with Gasteiger partial charge in [0.2, 0.25) is 11.8 Å². The van der Waals surface area contributed by atoms with E-state index in [1.807, 2.05) is 0 Å². The fourth-order valence-corrected chi connectivity index (χ4v) is 5.06. The van der Waals surface area contributed by atoms with Gasteiger partial charge in [0.05, 0.1) is 0 Å². The summed E-state index contributed by atoms with van der Waals surface area (Å²) in [6.07, 6.45) is 0. The van der Waals surface area contributed by atoms with Crippen LogP contribution in [-0.4, -0.2) is 96.1 Å². The maximum atomic E-state index is 12.5. The Morgan fingerprint density at radius 3 is 2.25 bits per heavy atom. The monoisotopic (exact) mass is 419 g/mol. The molecule has 1 aromatic carbocycles. The van der Waals surface area contributed by atoms with Gasteiger partial charge in [0.15, 0.2) is 5.92 Å². The summed E-state index contributed by atoms with van der Waals surface area (Å²) in [5.41, 5.74) is 0.309. The van der Waals surface area contributed by atoms with Gasteiger partial charge in [-0.25, -0.2) is 4.79 Å². The van der Waals surface area contributed by atoms with E-state index in [0.717, 1.165) is 0 Å². The van der Waals surface area contributed by atoms with Crippen molar-refractivity contribution in [3.8, 4) is 0 Å². The van der Waals surface area contributed by atoms with Crippen LogP contribution in [0.2, 0.25) is 0 Å². The molecule has 0 aromatic heterocycles. The molecular formula is C17H20N2NaO7S. The molecule has 0 spiro atoms. The van der Waals surface area contributed by atoms with Crippen LogP contribution in [0.15, 0.2) is 30.3 Å². The summed E-state index contributed by atoms with van der Waals surface area (Å²) < 4.78 is -0.711. The Morgan fingerprint density at radius 2 is 1.75 bits per heavy atom. The van der Waals surface area contributed by atoms with Gasteiger partial charge in [0.25, 0.3) is 0 Å². The smallest absolute Gasteiger partial charge is 0.327 e. The second kappa shape index (κ2) is 8.83. The van der Waals surface area contributed by atoms with Gasteiger partial charge in [-0.3, -0.25) is 14.4 Å². The number of carboxylic acid groups (broad SMARTS) is 2. The van der Waals surface area contributed by atoms with Gasteiger partial charge in [-0.15, -0.1) is 11.8 Å². The van der Waals surface area contributed by atoms with Crippen molar-refractivity contribution in [2.45, 2.75) is 42.0 Å². The number of β-lactam (4-membered cyclic amide) rings is 1. The maximum Gasteiger partial charge on any atom is 0.327 e. The molecule has 1 aromatic rings. The number of benzene rings is 1. The molecular weight excluding hydrogens is 399 g/mol. The Bertz CT molecular complexity index is 789. The predicted molar refractivity (Wildman–Crippen MR) is 102 cm³/mol. The number of carbonyl (C=O) groups is 4. The summed E-state index contributed by atoms with van der Waals surface area (Å²) in [5.74, 6) is -5.16. The number of hydrogen-bond acceptors (Lipinski definition) is 5. The van der Waals surface area contributed by atoms with Gasteiger partial charge < -0.3 is 25.9 Å². The number of thioether (sulfide) groups is 1. The summed E-state index contributed by atoms with van der Waals surface area (Å²) in [4.78, 5) is 49.2. The normalized spacial score (nSPS) is 25.3. The number of carboxylic acids is 2. The summed E-state index contributed by atoms with van der Waals surface area (Å²) in [7, 11) is 0. The van der Waals surface area contributed by atoms with Gasteiger partial charge in [-0.05, 0) is 19.4 Å². The van der Waals surface area contributed by atoms with Crippen LogP contribution in [0.3, 0.4) is 0 Å². The zero-order chi connectivity index (χ0) is 19.2. The first kappa shape index (κ1) is 24.4. The van der Waals surface area contributed by atoms with Crippen LogP contribution in [0.1, 0.15) is 25.3 Å². The summed E-state index contributed by atoms with van der Waals surface area (Å²) in [6, 6.07) is 6.10. The van der Waals surface area contributed by atoms with Crippen molar-refractivity contribution in [1.82, 2.24) is 10.2 Å². The SMILES string of the molecule is CC1(C)S[C@@H]2[C@H](NC(=O)C(C(=O)O)c3ccccc3)C(=O)N2[C@H]1C(=O)O.O.[Na]. The van der Waals surface area contributed by atoms with Crippen LogP contribution < -0.4 is 5.32 Å². The van der Waals surface area contributed by atoms with Crippen molar-refractivity contribution in [3.63, 3.8) is 0 Å². The summed E-state index contributed by atoms with van der Waals surface area (Å²) in [5, 5.41) is 20.8. The van der Waals surface area contributed by atoms with Crippen molar-refractivity contribution in [2.24, 2.45) is 0 Å². The molecule has 9 nitrogen and oxygen atoms in total. The average Bonchev–Trinajstić information content (AvgIpc) is 2.82. The first-order valence-electron chi connectivity index (χ1n) is 7.96. The minimum absolute atomic E-state index is 0. The predicted octanol–water partition coefficient (Wildman–Crippen LogP) is -0.719. The van der Waals surface area contributed by atoms with E-state index in [-0.39, 0.29) is 35.0 Å². The van der Waals surface area contributed by atoms with E-state index in [9.17, 15) is 29.4 Å². The summed E-state index contributed by atoms with van der Waals surface area (Å²) >= 11 is 1.29. The van der Waals surface area contributed by atoms with Gasteiger partial charge in [-0.2, -0.15) is 0 Å². The van der Waals surface area contributed by atoms with E-state index in [2.05, 4.69) is 5.32 Å². The van der Waals surface area contributed by atoms with E-state index in [1.165, 1.54) is 28.8 Å². The largest absolute Gasteiger partial charge is 0.480 e. The quantitative estimate of drug-likeness (QED) is 0.323. The second-order valence-corrected chi connectivity index (χ2v) is 8.54. The number of amides is 2. The first-order valence-corrected chi connectivity index (χ1v) is 8.84. The molecule has 2 aliphatic heterocycles. The van der Waals surface area contributed by atoms with Crippen LogP contribution in [0, 0.1) is 0 Å². The molecule has 0 aliphatic carbocycles. The van der Waals surface area contributed by atoms with Crippen LogP contribution in [-0.2, 0) is 19.2 Å². The standard InChI is InChI=1S/C17H18N2O6S.Na.H2O/c1-17(2)11(16(24)25)19-13(21)10(14(19)26-17)18-12(20)9(15(22)23)8-6-4-3-5-7-8;;/h3-7,9-11,14H,1-2H3,(H,18,20)(H,22,23)(H,24,25);;1H2/t9?,10-,11+,14-;;/m1../s1. The van der Waals surface area contributed by atoms with Crippen molar-refractivity contribution >= 4 is 65.1 Å². The number of fused-ring (bicyclic) bond motifs is 1. The molecule has 2 heterocycles. The molecule has 11 heteroatoms. The third kappa shape index (κ3) is 4.06. The van der Waals surface area contributed by atoms with E-state index < -0.39 is 51.9 Å². The van der Waals surface area contributed by atoms with Gasteiger partial charge in [0.1, 0.15) is 17.5 Å². The molecule has 5 N–H and O–H groups in total. The molecule has 0 bridgehead atoms. The Hall–Kier alpha value is -1.59. The molecule has 28 heavy (non-hydrogen) atoms. The van der Waals surface area contributed by atoms with Gasteiger partial charge in [0, 0.05) is 34.3 Å². The molecule has 2 amide bonds. The Labute approximate surface area is 187 Å². The Morgan fingerprint density at radius 1 is 1.18 bits per heavy atom. The minimum atomic E-state index is -1.44. The molecule has 147 valence electrons. The molecule has 2 saturated heterocycles. The van der Waals surface area contributed by atoms with Crippen LogP contribution in [0.4, 0.5) is 0 Å². The zero-order valence-electron chi connectivity index (χ0n) is 15.6. The molecule has 2 aliphatic rings. The molecule has 1 radical (unpaired) electrons. The third-order valence-corrected chi connectivity index (χ3v) is 6.19. The minimum Gasteiger partial charge on any atom is -0.480 e. The fourth-order valence-electron chi connectivity index (χ4n) is 3.43. The molecule has 0 saturated carbocycles. The average molecular weight is 419 g/mol. The second-order valence-electron chi connectivity index (χ2n) is 6.77. The summed E-state index contributed by atoms with van der Waals surface area (Å²) in [6.45, 7) is 3.45. The number of hydrogen-bond donors (Lipinski definition) is 3. The van der Waals surface area contributed by atoms with Crippen LogP contribution in [0.25, 0.3) is 0 Å². The van der Waals surface area contributed by atoms with Crippen molar-refractivity contribution in [1.29, 1.82) is 0 Å². The topological polar surface area (TPSA) is 156 Å². The van der Waals surface area contributed by atoms with Crippen molar-refractivity contribution in [3.05, 3.63) is 35.9 Å². The number of aliphatic carboxylic acids is 2. The fraction of sp³-hybridized carbons (Fsp3) is 0.412. The Balaban J connectivity index is 0.00000196. The van der Waals surface area contributed by atoms with E-state index in [0.29, 0.717) is 5.56 Å². The van der Waals surface area contributed by atoms with Crippen molar-refractivity contribution < 1.29 is 34.9 Å². The zero-order valence-corrected chi connectivity index (χ0v) is 18.4. The molecule has 4 atom stereocenters. The molecule has 2 fully saturated rings. The number of nitrogens with one attached hydrogen (secondary N) is 1. The van der Waals surface area contributed by atoms with E-state index in [1.54, 1.807) is 32.0 Å². The number of rotatable bonds is 5. The molecule has 1 unspecified atom stereocenters. The van der Waals surface area contributed by atoms with Crippen LogP contribution in [0.5, 0.6) is 0 Å². The van der Waals surface area contributed by atoms with Crippen LogP contribution >= 0.6 is 11.8 Å². The first-order chi connectivity index (χ1) is 12.1. The maximum absolute atomic E-state index is 12.5. The van der Waals surface area contributed by atoms with Gasteiger partial charge >= 0.3 is 11.9 Å². The van der Waals surface area contributed by atoms with E-state index in [4.69, 9.17) is 0 Å². The number of carbonyl (C=O) groups excluding carboxylic acids is 2. The third-order valence-electron chi connectivity index (χ3n) is 4.61. The van der Waals surface area contributed by atoms with Gasteiger partial charge in [-0.1, -0.05) is 30.3 Å². The van der Waals surface area contributed by atoms with Crippen molar-refractivity contribution in [2.75, 3.05) is 0 Å². The number of nitrogens with zero attached hydrogens (tertiary/aromatic N) is 1.